The van der Waals surface area contributed by atoms with Crippen LogP contribution in [0.1, 0.15) is 25.0 Å². The maximum atomic E-state index is 12.8. The Kier molecular flexibility index (Phi) is 6.44. The summed E-state index contributed by atoms with van der Waals surface area (Å²) >= 11 is 5.89. The van der Waals surface area contributed by atoms with Gasteiger partial charge in [-0.15, -0.1) is 0 Å². The van der Waals surface area contributed by atoms with Gasteiger partial charge >= 0.3 is 6.03 Å². The minimum absolute atomic E-state index is 0.178. The monoisotopic (exact) mass is 413 g/mol. The number of amides is 3. The van der Waals surface area contributed by atoms with Crippen molar-refractivity contribution in [3.8, 4) is 5.75 Å². The van der Waals surface area contributed by atoms with E-state index in [1.807, 2.05) is 18.2 Å². The van der Waals surface area contributed by atoms with Crippen molar-refractivity contribution in [1.29, 1.82) is 0 Å². The number of hydrogen-bond donors (Lipinski definition) is 1. The van der Waals surface area contributed by atoms with Crippen LogP contribution in [-0.4, -0.2) is 37.0 Å². The van der Waals surface area contributed by atoms with E-state index in [9.17, 15) is 9.59 Å². The molecule has 1 fully saturated rings. The van der Waals surface area contributed by atoms with Gasteiger partial charge in [0.25, 0.3) is 5.91 Å². The first-order valence-corrected chi connectivity index (χ1v) is 9.86. The Balaban J connectivity index is 1.84. The molecule has 3 rings (SSSR count). The molecule has 1 N–H and O–H groups in total. The zero-order chi connectivity index (χ0) is 21.0. The van der Waals surface area contributed by atoms with Gasteiger partial charge in [0.1, 0.15) is 11.4 Å². The van der Waals surface area contributed by atoms with Crippen LogP contribution >= 0.6 is 11.6 Å². The second-order valence-corrected chi connectivity index (χ2v) is 7.04. The van der Waals surface area contributed by atoms with Gasteiger partial charge < -0.3 is 15.0 Å². The van der Waals surface area contributed by atoms with E-state index >= 15 is 0 Å². The van der Waals surface area contributed by atoms with Gasteiger partial charge in [0.2, 0.25) is 0 Å². The summed E-state index contributed by atoms with van der Waals surface area (Å²) in [6.07, 6.45) is 1.65. The Labute approximate surface area is 175 Å². The van der Waals surface area contributed by atoms with Crippen LogP contribution in [0.2, 0.25) is 5.02 Å². The molecule has 2 aromatic carbocycles. The molecule has 0 aliphatic carbocycles. The van der Waals surface area contributed by atoms with Gasteiger partial charge in [0, 0.05) is 35.4 Å². The highest BCUT2D eigenvalue weighted by atomic mass is 35.5. The lowest BCUT2D eigenvalue weighted by Crippen LogP contribution is -2.30. The van der Waals surface area contributed by atoms with Gasteiger partial charge in [-0.2, -0.15) is 0 Å². The molecule has 2 aromatic rings. The summed E-state index contributed by atoms with van der Waals surface area (Å²) in [5.41, 5.74) is 2.80. The smallest absolute Gasteiger partial charge is 0.329 e. The fraction of sp³-hybridized carbons (Fsp3) is 0.273. The molecule has 0 radical (unpaired) electrons. The lowest BCUT2D eigenvalue weighted by atomic mass is 10.1. The van der Waals surface area contributed by atoms with Crippen LogP contribution in [0, 0.1) is 0 Å². The van der Waals surface area contributed by atoms with Crippen LogP contribution in [0.4, 0.5) is 10.5 Å². The molecule has 1 aliphatic heterocycles. The Morgan fingerprint density at radius 3 is 2.41 bits per heavy atom. The second-order valence-electron chi connectivity index (χ2n) is 6.60. The van der Waals surface area contributed by atoms with Crippen LogP contribution in [0.25, 0.3) is 6.08 Å². The number of benzene rings is 2. The minimum Gasteiger partial charge on any atom is -0.496 e. The van der Waals surface area contributed by atoms with Crippen LogP contribution < -0.4 is 15.0 Å². The molecule has 1 heterocycles. The summed E-state index contributed by atoms with van der Waals surface area (Å²) in [5, 5.41) is 3.25. The number of rotatable bonds is 7. The molecule has 0 atom stereocenters. The lowest BCUT2D eigenvalue weighted by Gasteiger charge is -2.22. The number of nitrogens with zero attached hydrogens (tertiary/aromatic N) is 2. The number of carbonyl (C=O) groups excluding carboxylic acids is 2. The fourth-order valence-electron chi connectivity index (χ4n) is 3.25. The first-order valence-electron chi connectivity index (χ1n) is 9.48. The van der Waals surface area contributed by atoms with E-state index < -0.39 is 6.03 Å². The highest BCUT2D eigenvalue weighted by Crippen LogP contribution is 2.28. The molecular formula is C22H24ClN3O3. The van der Waals surface area contributed by atoms with Crippen molar-refractivity contribution in [2.24, 2.45) is 0 Å². The number of anilines is 1. The molecule has 0 spiro atoms. The molecule has 152 valence electrons. The summed E-state index contributed by atoms with van der Waals surface area (Å²) in [4.78, 5) is 28.5. The molecule has 1 aliphatic rings. The van der Waals surface area contributed by atoms with E-state index in [1.165, 1.54) is 4.90 Å². The fourth-order valence-corrected chi connectivity index (χ4v) is 3.37. The predicted molar refractivity (Wildman–Crippen MR) is 115 cm³/mol. The van der Waals surface area contributed by atoms with Gasteiger partial charge in [0.05, 0.1) is 13.7 Å². The molecule has 3 amide bonds. The van der Waals surface area contributed by atoms with E-state index in [-0.39, 0.29) is 18.1 Å². The van der Waals surface area contributed by atoms with Crippen molar-refractivity contribution in [3.05, 3.63) is 64.3 Å². The van der Waals surface area contributed by atoms with E-state index in [4.69, 9.17) is 16.3 Å². The molecule has 29 heavy (non-hydrogen) atoms. The molecule has 6 nitrogen and oxygen atoms in total. The first-order chi connectivity index (χ1) is 14.0. The number of ether oxygens (including phenoxy) is 1. The normalized spacial score (nSPS) is 15.0. The average Bonchev–Trinajstić information content (AvgIpc) is 2.98. The van der Waals surface area contributed by atoms with Crippen LogP contribution in [0.15, 0.2) is 48.2 Å². The average molecular weight is 414 g/mol. The van der Waals surface area contributed by atoms with E-state index in [1.54, 1.807) is 37.5 Å². The minimum atomic E-state index is -0.449. The molecule has 0 aromatic heterocycles. The molecular weight excluding hydrogens is 390 g/mol. The van der Waals surface area contributed by atoms with Crippen LogP contribution in [0.3, 0.4) is 0 Å². The Morgan fingerprint density at radius 2 is 1.79 bits per heavy atom. The molecule has 7 heteroatoms. The number of urea groups is 1. The zero-order valence-corrected chi connectivity index (χ0v) is 17.5. The third kappa shape index (κ3) is 4.54. The number of imide groups is 1. The van der Waals surface area contributed by atoms with Gasteiger partial charge in [-0.1, -0.05) is 23.7 Å². The zero-order valence-electron chi connectivity index (χ0n) is 16.7. The van der Waals surface area contributed by atoms with Gasteiger partial charge in [0.15, 0.2) is 0 Å². The standard InChI is InChI=1S/C22H24ClN3O3/c1-4-25(5-2)18-11-8-16(20(13-18)29-3)12-19-21(27)26(22(28)24-19)14-15-6-9-17(23)10-7-15/h6-13H,4-5,14H2,1-3H3,(H,24,28). The van der Waals surface area contributed by atoms with Crippen LogP contribution in [-0.2, 0) is 11.3 Å². The first kappa shape index (κ1) is 20.7. The number of methoxy groups -OCH3 is 1. The number of halogens is 1. The molecule has 1 saturated heterocycles. The third-order valence-corrected chi connectivity index (χ3v) is 5.11. The van der Waals surface area contributed by atoms with E-state index in [0.29, 0.717) is 10.8 Å². The summed E-state index contributed by atoms with van der Waals surface area (Å²) in [6.45, 7) is 6.13. The lowest BCUT2D eigenvalue weighted by molar-refractivity contribution is -0.123. The van der Waals surface area contributed by atoms with Gasteiger partial charge in [-0.25, -0.2) is 4.79 Å². The quantitative estimate of drug-likeness (QED) is 0.543. The van der Waals surface area contributed by atoms with Crippen LogP contribution in [0.5, 0.6) is 5.75 Å². The predicted octanol–water partition coefficient (Wildman–Crippen LogP) is 4.29. The third-order valence-electron chi connectivity index (χ3n) is 4.86. The second kappa shape index (κ2) is 9.01. The number of hydrogen-bond acceptors (Lipinski definition) is 4. The molecule has 0 saturated carbocycles. The Hall–Kier alpha value is -2.99. The Bertz CT molecular complexity index is 937. The van der Waals surface area contributed by atoms with Crippen molar-refractivity contribution in [3.63, 3.8) is 0 Å². The van der Waals surface area contributed by atoms with E-state index in [0.717, 1.165) is 29.9 Å². The summed E-state index contributed by atoms with van der Waals surface area (Å²) in [5.74, 6) is 0.264. The molecule has 0 unspecified atom stereocenters. The highest BCUT2D eigenvalue weighted by molar-refractivity contribution is 6.30. The summed E-state index contributed by atoms with van der Waals surface area (Å²) in [7, 11) is 1.59. The Morgan fingerprint density at radius 1 is 1.10 bits per heavy atom. The van der Waals surface area contributed by atoms with Crippen molar-refractivity contribution in [2.45, 2.75) is 20.4 Å². The highest BCUT2D eigenvalue weighted by Gasteiger charge is 2.33. The van der Waals surface area contributed by atoms with Crippen molar-refractivity contribution in [2.75, 3.05) is 25.1 Å². The largest absolute Gasteiger partial charge is 0.496 e. The van der Waals surface area contributed by atoms with Gasteiger partial charge in [-0.05, 0) is 49.8 Å². The van der Waals surface area contributed by atoms with Crippen molar-refractivity contribution < 1.29 is 14.3 Å². The SMILES string of the molecule is CCN(CC)c1ccc(C=C2NC(=O)N(Cc3ccc(Cl)cc3)C2=O)c(OC)c1. The van der Waals surface area contributed by atoms with Crippen molar-refractivity contribution >= 4 is 35.3 Å². The number of nitrogens with one attached hydrogen (secondary N) is 1. The number of carbonyl (C=O) groups is 2. The van der Waals surface area contributed by atoms with Crippen molar-refractivity contribution in [1.82, 2.24) is 10.2 Å². The maximum Gasteiger partial charge on any atom is 0.329 e. The molecule has 0 bridgehead atoms. The maximum absolute atomic E-state index is 12.8. The van der Waals surface area contributed by atoms with Gasteiger partial charge in [-0.3, -0.25) is 9.69 Å². The summed E-state index contributed by atoms with van der Waals surface area (Å²) in [6, 6.07) is 12.4. The van der Waals surface area contributed by atoms with E-state index in [2.05, 4.69) is 24.1 Å². The topological polar surface area (TPSA) is 61.9 Å². The summed E-state index contributed by atoms with van der Waals surface area (Å²) < 4.78 is 5.51.